The van der Waals surface area contributed by atoms with E-state index in [-0.39, 0.29) is 17.3 Å². The van der Waals surface area contributed by atoms with Crippen molar-refractivity contribution in [3.8, 4) is 11.8 Å². The molecule has 0 atom stereocenters. The van der Waals surface area contributed by atoms with Crippen LogP contribution in [-0.2, 0) is 21.6 Å². The van der Waals surface area contributed by atoms with E-state index in [9.17, 15) is 9.59 Å². The van der Waals surface area contributed by atoms with Crippen LogP contribution in [0.2, 0.25) is 0 Å². The van der Waals surface area contributed by atoms with E-state index in [1.165, 1.54) is 18.0 Å². The molecule has 0 unspecified atom stereocenters. The summed E-state index contributed by atoms with van der Waals surface area (Å²) in [5.74, 6) is 0.270. The number of rotatable bonds is 3. The van der Waals surface area contributed by atoms with Gasteiger partial charge < -0.3 is 14.8 Å². The summed E-state index contributed by atoms with van der Waals surface area (Å²) in [6.45, 7) is 8.78. The number of anilines is 1. The van der Waals surface area contributed by atoms with Crippen LogP contribution in [0.15, 0.2) is 30.6 Å². The molecular weight excluding hydrogens is 360 g/mol. The number of carbonyl (C=O) groups is 2. The first-order valence-corrected chi connectivity index (χ1v) is 9.05. The van der Waals surface area contributed by atoms with E-state index in [0.717, 1.165) is 10.5 Å². The van der Waals surface area contributed by atoms with Gasteiger partial charge in [-0.3, -0.25) is 4.79 Å². The highest BCUT2D eigenvalue weighted by Gasteiger charge is 2.45. The predicted molar refractivity (Wildman–Crippen MR) is 101 cm³/mol. The number of nitrogens with zero attached hydrogens (tertiary/aromatic N) is 3. The van der Waals surface area contributed by atoms with Crippen LogP contribution in [0, 0.1) is 0 Å². The fourth-order valence-corrected chi connectivity index (χ4v) is 3.43. The third kappa shape index (κ3) is 3.09. The molecule has 1 N–H and O–H groups in total. The van der Waals surface area contributed by atoms with E-state index in [4.69, 9.17) is 9.47 Å². The van der Waals surface area contributed by atoms with Crippen molar-refractivity contribution in [3.05, 3.63) is 41.7 Å². The first-order valence-electron chi connectivity index (χ1n) is 9.05. The lowest BCUT2D eigenvalue weighted by molar-refractivity contribution is -0.121. The van der Waals surface area contributed by atoms with Crippen LogP contribution in [0.25, 0.3) is 0 Å². The summed E-state index contributed by atoms with van der Waals surface area (Å²) in [7, 11) is 0. The second kappa shape index (κ2) is 6.27. The second-order valence-electron chi connectivity index (χ2n) is 8.22. The van der Waals surface area contributed by atoms with Gasteiger partial charge in [0.2, 0.25) is 0 Å². The van der Waals surface area contributed by atoms with Crippen LogP contribution in [0.3, 0.4) is 0 Å². The lowest BCUT2D eigenvalue weighted by Gasteiger charge is -2.32. The molecule has 2 aromatic rings. The van der Waals surface area contributed by atoms with E-state index in [2.05, 4.69) is 29.1 Å². The molecule has 2 aliphatic heterocycles. The van der Waals surface area contributed by atoms with E-state index in [1.807, 2.05) is 18.2 Å². The Labute approximate surface area is 162 Å². The summed E-state index contributed by atoms with van der Waals surface area (Å²) < 4.78 is 11.4. The van der Waals surface area contributed by atoms with Crippen LogP contribution in [0.4, 0.5) is 10.5 Å². The summed E-state index contributed by atoms with van der Waals surface area (Å²) >= 11 is 0. The normalized spacial score (nSPS) is 19.9. The number of ether oxygens (including phenoxy) is 2. The van der Waals surface area contributed by atoms with Gasteiger partial charge in [0, 0.05) is 5.41 Å². The van der Waals surface area contributed by atoms with Gasteiger partial charge >= 0.3 is 12.0 Å². The average molecular weight is 382 g/mol. The zero-order valence-electron chi connectivity index (χ0n) is 16.3. The van der Waals surface area contributed by atoms with Gasteiger partial charge in [0.15, 0.2) is 0 Å². The molecule has 28 heavy (non-hydrogen) atoms. The van der Waals surface area contributed by atoms with Crippen LogP contribution in [0.5, 0.6) is 11.8 Å². The fraction of sp³-hybridized carbons (Fsp3) is 0.400. The topological polar surface area (TPSA) is 93.7 Å². The number of hydrogen-bond acceptors (Lipinski definition) is 6. The van der Waals surface area contributed by atoms with Crippen molar-refractivity contribution in [1.82, 2.24) is 15.3 Å². The highest BCUT2D eigenvalue weighted by atomic mass is 16.5. The van der Waals surface area contributed by atoms with Crippen LogP contribution >= 0.6 is 0 Å². The number of amides is 3. The first-order chi connectivity index (χ1) is 13.2. The fourth-order valence-electron chi connectivity index (χ4n) is 3.43. The van der Waals surface area contributed by atoms with Crippen molar-refractivity contribution in [2.75, 3.05) is 11.5 Å². The van der Waals surface area contributed by atoms with Gasteiger partial charge in [-0.2, -0.15) is 0 Å². The molecular formula is C20H22N4O4. The lowest BCUT2D eigenvalue weighted by atomic mass is 9.81. The number of imide groups is 1. The van der Waals surface area contributed by atoms with Gasteiger partial charge in [-0.15, -0.1) is 0 Å². The highest BCUT2D eigenvalue weighted by Crippen LogP contribution is 2.35. The smallest absolute Gasteiger partial charge is 0.329 e. The number of nitrogens with one attached hydrogen (secondary N) is 1. The highest BCUT2D eigenvalue weighted by molar-refractivity contribution is 6.22. The summed E-state index contributed by atoms with van der Waals surface area (Å²) in [5, 5.41) is 2.62. The lowest BCUT2D eigenvalue weighted by Crippen LogP contribution is -2.40. The molecule has 146 valence electrons. The molecule has 1 aromatic heterocycles. The molecule has 2 aliphatic rings. The first kappa shape index (κ1) is 18.4. The summed E-state index contributed by atoms with van der Waals surface area (Å²) in [5.41, 5.74) is 1.56. The van der Waals surface area contributed by atoms with E-state index >= 15 is 0 Å². The van der Waals surface area contributed by atoms with Gasteiger partial charge in [-0.1, -0.05) is 19.9 Å². The molecule has 8 heteroatoms. The van der Waals surface area contributed by atoms with E-state index in [0.29, 0.717) is 24.7 Å². The summed E-state index contributed by atoms with van der Waals surface area (Å²) in [6.07, 6.45) is 2.80. The van der Waals surface area contributed by atoms with E-state index < -0.39 is 11.6 Å². The number of urea groups is 1. The maximum atomic E-state index is 12.4. The maximum Gasteiger partial charge on any atom is 0.329 e. The molecule has 0 bridgehead atoms. The monoisotopic (exact) mass is 382 g/mol. The van der Waals surface area contributed by atoms with Crippen molar-refractivity contribution >= 4 is 17.6 Å². The summed E-state index contributed by atoms with van der Waals surface area (Å²) in [4.78, 5) is 33.8. The van der Waals surface area contributed by atoms with E-state index in [1.54, 1.807) is 13.8 Å². The minimum atomic E-state index is -0.952. The Hall–Kier alpha value is -3.00. The van der Waals surface area contributed by atoms with Gasteiger partial charge in [-0.05, 0) is 37.1 Å². The molecule has 3 amide bonds. The Morgan fingerprint density at radius 2 is 1.86 bits per heavy atom. The van der Waals surface area contributed by atoms with Crippen LogP contribution in [-0.4, -0.2) is 34.1 Å². The third-order valence-corrected chi connectivity index (χ3v) is 4.97. The predicted octanol–water partition coefficient (Wildman–Crippen LogP) is 2.91. The van der Waals surface area contributed by atoms with Crippen molar-refractivity contribution < 1.29 is 19.1 Å². The Balaban J connectivity index is 1.55. The van der Waals surface area contributed by atoms with Crippen LogP contribution in [0.1, 0.15) is 38.8 Å². The number of fused-ring (bicyclic) bond motifs is 1. The maximum absolute atomic E-state index is 12.4. The Kier molecular flexibility index (Phi) is 4.11. The van der Waals surface area contributed by atoms with Crippen molar-refractivity contribution in [2.45, 2.75) is 45.3 Å². The number of aromatic nitrogens is 2. The van der Waals surface area contributed by atoms with Gasteiger partial charge in [0.1, 0.15) is 11.3 Å². The Morgan fingerprint density at radius 3 is 2.50 bits per heavy atom. The Bertz CT molecular complexity index is 953. The quantitative estimate of drug-likeness (QED) is 0.821. The molecule has 3 heterocycles. The summed E-state index contributed by atoms with van der Waals surface area (Å²) in [6, 6.07) is 5.46. The zero-order chi connectivity index (χ0) is 20.1. The zero-order valence-corrected chi connectivity index (χ0v) is 16.3. The second-order valence-corrected chi connectivity index (χ2v) is 8.22. The van der Waals surface area contributed by atoms with Crippen LogP contribution < -0.4 is 15.0 Å². The van der Waals surface area contributed by atoms with Gasteiger partial charge in [0.25, 0.3) is 5.91 Å². The molecule has 0 radical (unpaired) electrons. The molecule has 1 saturated heterocycles. The Morgan fingerprint density at radius 1 is 1.14 bits per heavy atom. The number of hydrogen-bond donors (Lipinski definition) is 1. The third-order valence-electron chi connectivity index (χ3n) is 4.97. The molecule has 4 rings (SSSR count). The molecule has 0 saturated carbocycles. The minimum Gasteiger partial charge on any atom is -0.424 e. The largest absolute Gasteiger partial charge is 0.424 e. The van der Waals surface area contributed by atoms with Gasteiger partial charge in [-0.25, -0.2) is 19.7 Å². The number of benzene rings is 1. The standard InChI is InChI=1S/C20H22N4O4/c1-19(2)11-27-10-12-5-6-14(7-15(12)19)28-17-21-8-13(9-22-17)24-16(25)20(3,4)23-18(24)26/h5-9H,10-11H2,1-4H3,(H,23,26). The van der Waals surface area contributed by atoms with Crippen molar-refractivity contribution in [1.29, 1.82) is 0 Å². The molecule has 1 aromatic carbocycles. The van der Waals surface area contributed by atoms with Crippen molar-refractivity contribution in [3.63, 3.8) is 0 Å². The molecule has 0 aliphatic carbocycles. The SMILES string of the molecule is CC1(C)NC(=O)N(c2cnc(Oc3ccc4c(c3)C(C)(C)COC4)nc2)C1=O. The number of carbonyl (C=O) groups excluding carboxylic acids is 2. The van der Waals surface area contributed by atoms with Crippen molar-refractivity contribution in [2.24, 2.45) is 0 Å². The molecule has 8 nitrogen and oxygen atoms in total. The minimum absolute atomic E-state index is 0.103. The average Bonchev–Trinajstić information content (AvgIpc) is 2.83. The molecule has 1 fully saturated rings. The van der Waals surface area contributed by atoms with Gasteiger partial charge in [0.05, 0.1) is 31.3 Å². The molecule has 0 spiro atoms.